The van der Waals surface area contributed by atoms with Gasteiger partial charge in [0.25, 0.3) is 5.69 Å². The average Bonchev–Trinajstić information content (AvgIpc) is 2.58. The van der Waals surface area contributed by atoms with Crippen molar-refractivity contribution in [2.75, 3.05) is 11.9 Å². The summed E-state index contributed by atoms with van der Waals surface area (Å²) >= 11 is 5.99. The monoisotopic (exact) mass is 363 g/mol. The van der Waals surface area contributed by atoms with E-state index in [0.29, 0.717) is 23.7 Å². The van der Waals surface area contributed by atoms with Crippen molar-refractivity contribution in [2.45, 2.75) is 19.8 Å². The number of carbonyl (C=O) groups excluding carboxylic acids is 1. The SMILES string of the molecule is CCCCNC(=O)Nc1ccc(Oc2ccc([N+](=O)[O-])cc2Cl)cc1. The fourth-order valence-electron chi connectivity index (χ4n) is 1.97. The summed E-state index contributed by atoms with van der Waals surface area (Å²) in [5.41, 5.74) is 0.516. The fraction of sp³-hybridized carbons (Fsp3) is 0.235. The number of nitrogens with zero attached hydrogens (tertiary/aromatic N) is 1. The number of hydrogen-bond acceptors (Lipinski definition) is 4. The van der Waals surface area contributed by atoms with E-state index in [1.54, 1.807) is 24.3 Å². The number of rotatable bonds is 7. The lowest BCUT2D eigenvalue weighted by Gasteiger charge is -2.10. The van der Waals surface area contributed by atoms with Crippen LogP contribution < -0.4 is 15.4 Å². The molecule has 2 aromatic rings. The standard InChI is InChI=1S/C17H18ClN3O4/c1-2-3-10-19-17(22)20-12-4-7-14(8-5-12)25-16-9-6-13(21(23)24)11-15(16)18/h4-9,11H,2-3,10H2,1H3,(H2,19,20,22). The van der Waals surface area contributed by atoms with Gasteiger partial charge in [-0.15, -0.1) is 0 Å². The van der Waals surface area contributed by atoms with Crippen LogP contribution in [0.4, 0.5) is 16.2 Å². The Balaban J connectivity index is 1.96. The summed E-state index contributed by atoms with van der Waals surface area (Å²) < 4.78 is 5.60. The molecule has 2 amide bonds. The first-order valence-corrected chi connectivity index (χ1v) is 8.14. The van der Waals surface area contributed by atoms with E-state index in [4.69, 9.17) is 16.3 Å². The maximum Gasteiger partial charge on any atom is 0.319 e. The Bertz CT molecular complexity index is 750. The number of benzene rings is 2. The van der Waals surface area contributed by atoms with Crippen molar-refractivity contribution in [1.29, 1.82) is 0 Å². The third-order valence-corrected chi connectivity index (χ3v) is 3.58. The van der Waals surface area contributed by atoms with Gasteiger partial charge >= 0.3 is 6.03 Å². The second-order valence-electron chi connectivity index (χ2n) is 5.23. The van der Waals surface area contributed by atoms with Crippen LogP contribution in [0, 0.1) is 10.1 Å². The Labute approximate surface area is 150 Å². The predicted molar refractivity (Wildman–Crippen MR) is 96.6 cm³/mol. The van der Waals surface area contributed by atoms with Crippen molar-refractivity contribution in [2.24, 2.45) is 0 Å². The first-order chi connectivity index (χ1) is 12.0. The molecule has 8 heteroatoms. The number of ether oxygens (including phenoxy) is 1. The molecule has 0 radical (unpaired) electrons. The highest BCUT2D eigenvalue weighted by atomic mass is 35.5. The van der Waals surface area contributed by atoms with Crippen LogP contribution in [0.25, 0.3) is 0 Å². The van der Waals surface area contributed by atoms with Gasteiger partial charge in [-0.25, -0.2) is 4.79 Å². The second-order valence-corrected chi connectivity index (χ2v) is 5.64. The molecule has 0 saturated carbocycles. The molecular formula is C17H18ClN3O4. The van der Waals surface area contributed by atoms with Crippen molar-refractivity contribution in [3.63, 3.8) is 0 Å². The number of unbranched alkanes of at least 4 members (excludes halogenated alkanes) is 1. The number of non-ortho nitro benzene ring substituents is 1. The van der Waals surface area contributed by atoms with Gasteiger partial charge in [0, 0.05) is 24.4 Å². The maximum atomic E-state index is 11.7. The lowest BCUT2D eigenvalue weighted by molar-refractivity contribution is -0.384. The van der Waals surface area contributed by atoms with Gasteiger partial charge in [0.2, 0.25) is 0 Å². The molecule has 0 aliphatic heterocycles. The number of nitro benzene ring substituents is 1. The molecule has 0 atom stereocenters. The summed E-state index contributed by atoms with van der Waals surface area (Å²) in [5, 5.41) is 16.3. The number of hydrogen-bond donors (Lipinski definition) is 2. The van der Waals surface area contributed by atoms with Gasteiger partial charge in [0.05, 0.1) is 9.95 Å². The summed E-state index contributed by atoms with van der Waals surface area (Å²) in [7, 11) is 0. The first kappa shape index (κ1) is 18.5. The Morgan fingerprint density at radius 2 is 1.96 bits per heavy atom. The highest BCUT2D eigenvalue weighted by molar-refractivity contribution is 6.32. The minimum atomic E-state index is -0.526. The largest absolute Gasteiger partial charge is 0.456 e. The maximum absolute atomic E-state index is 11.7. The van der Waals surface area contributed by atoms with E-state index in [0.717, 1.165) is 12.8 Å². The summed E-state index contributed by atoms with van der Waals surface area (Å²) in [6.07, 6.45) is 1.94. The Kier molecular flexibility index (Phi) is 6.59. The van der Waals surface area contributed by atoms with Crippen molar-refractivity contribution < 1.29 is 14.5 Å². The highest BCUT2D eigenvalue weighted by Gasteiger charge is 2.11. The van der Waals surface area contributed by atoms with E-state index < -0.39 is 4.92 Å². The van der Waals surface area contributed by atoms with E-state index in [9.17, 15) is 14.9 Å². The molecule has 0 saturated heterocycles. The number of nitrogens with one attached hydrogen (secondary N) is 2. The summed E-state index contributed by atoms with van der Waals surface area (Å²) in [6, 6.07) is 10.4. The molecule has 7 nitrogen and oxygen atoms in total. The number of urea groups is 1. The van der Waals surface area contributed by atoms with Gasteiger partial charge in [-0.1, -0.05) is 24.9 Å². The molecule has 0 aromatic heterocycles. The smallest absolute Gasteiger partial charge is 0.319 e. The van der Waals surface area contributed by atoms with Crippen LogP contribution >= 0.6 is 11.6 Å². The van der Waals surface area contributed by atoms with Gasteiger partial charge < -0.3 is 15.4 Å². The Morgan fingerprint density at radius 1 is 1.24 bits per heavy atom. The molecule has 0 aliphatic rings. The van der Waals surface area contributed by atoms with E-state index in [1.807, 2.05) is 0 Å². The fourth-order valence-corrected chi connectivity index (χ4v) is 2.19. The molecule has 132 valence electrons. The van der Waals surface area contributed by atoms with Gasteiger partial charge in [-0.3, -0.25) is 10.1 Å². The quantitative estimate of drug-likeness (QED) is 0.413. The third-order valence-electron chi connectivity index (χ3n) is 3.28. The number of carbonyl (C=O) groups is 1. The summed E-state index contributed by atoms with van der Waals surface area (Å²) in [5.74, 6) is 0.804. The average molecular weight is 364 g/mol. The Morgan fingerprint density at radius 3 is 2.56 bits per heavy atom. The van der Waals surface area contributed by atoms with E-state index in [-0.39, 0.29) is 16.7 Å². The van der Waals surface area contributed by atoms with Crippen LogP contribution in [0.1, 0.15) is 19.8 Å². The molecule has 2 N–H and O–H groups in total. The zero-order valence-electron chi connectivity index (χ0n) is 13.6. The van der Waals surface area contributed by atoms with Crippen molar-refractivity contribution in [3.05, 3.63) is 57.6 Å². The normalized spacial score (nSPS) is 10.2. The third kappa shape index (κ3) is 5.65. The molecule has 2 rings (SSSR count). The van der Waals surface area contributed by atoms with E-state index in [1.165, 1.54) is 18.2 Å². The molecule has 0 aliphatic carbocycles. The number of nitro groups is 1. The van der Waals surface area contributed by atoms with Crippen LogP contribution in [-0.2, 0) is 0 Å². The summed E-state index contributed by atoms with van der Waals surface area (Å²) in [6.45, 7) is 2.68. The molecule has 0 bridgehead atoms. The zero-order valence-corrected chi connectivity index (χ0v) is 14.4. The lowest BCUT2D eigenvalue weighted by atomic mass is 10.3. The lowest BCUT2D eigenvalue weighted by Crippen LogP contribution is -2.29. The van der Waals surface area contributed by atoms with Crippen molar-refractivity contribution >= 4 is 29.0 Å². The molecular weight excluding hydrogens is 346 g/mol. The predicted octanol–water partition coefficient (Wildman–Crippen LogP) is 4.96. The van der Waals surface area contributed by atoms with Gasteiger partial charge in [-0.2, -0.15) is 0 Å². The van der Waals surface area contributed by atoms with E-state index >= 15 is 0 Å². The Hall–Kier alpha value is -2.80. The van der Waals surface area contributed by atoms with Gasteiger partial charge in [0.15, 0.2) is 0 Å². The van der Waals surface area contributed by atoms with Crippen LogP contribution in [0.15, 0.2) is 42.5 Å². The van der Waals surface area contributed by atoms with Crippen LogP contribution in [0.2, 0.25) is 5.02 Å². The highest BCUT2D eigenvalue weighted by Crippen LogP contribution is 2.32. The second kappa shape index (κ2) is 8.89. The van der Waals surface area contributed by atoms with Crippen LogP contribution in [-0.4, -0.2) is 17.5 Å². The first-order valence-electron chi connectivity index (χ1n) is 7.76. The van der Waals surface area contributed by atoms with Gasteiger partial charge in [-0.05, 0) is 36.8 Å². The number of halogens is 1. The molecule has 0 spiro atoms. The number of amides is 2. The molecule has 25 heavy (non-hydrogen) atoms. The minimum absolute atomic E-state index is 0.106. The topological polar surface area (TPSA) is 93.5 Å². The summed E-state index contributed by atoms with van der Waals surface area (Å²) in [4.78, 5) is 21.8. The molecule has 0 fully saturated rings. The van der Waals surface area contributed by atoms with E-state index in [2.05, 4.69) is 17.6 Å². The number of anilines is 1. The molecule has 0 unspecified atom stereocenters. The van der Waals surface area contributed by atoms with Crippen LogP contribution in [0.3, 0.4) is 0 Å². The minimum Gasteiger partial charge on any atom is -0.456 e. The van der Waals surface area contributed by atoms with Gasteiger partial charge in [0.1, 0.15) is 11.5 Å². The molecule has 0 heterocycles. The van der Waals surface area contributed by atoms with Crippen LogP contribution in [0.5, 0.6) is 11.5 Å². The zero-order chi connectivity index (χ0) is 18.2. The van der Waals surface area contributed by atoms with Crippen molar-refractivity contribution in [3.8, 4) is 11.5 Å². The van der Waals surface area contributed by atoms with Crippen molar-refractivity contribution in [1.82, 2.24) is 5.32 Å². The molecule has 2 aromatic carbocycles.